The number of nitrogens with one attached hydrogen (secondary N) is 1. The summed E-state index contributed by atoms with van der Waals surface area (Å²) >= 11 is 0. The van der Waals surface area contributed by atoms with E-state index in [0.29, 0.717) is 48.8 Å². The van der Waals surface area contributed by atoms with Crippen LogP contribution >= 0.6 is 12.4 Å². The molecule has 2 fully saturated rings. The molecule has 11 heteroatoms. The monoisotopic (exact) mass is 464 g/mol. The number of aromatic nitrogens is 3. The van der Waals surface area contributed by atoms with Crippen molar-refractivity contribution in [1.29, 1.82) is 0 Å². The number of imidazole rings is 1. The number of aliphatic hydroxyl groups excluding tert-OH is 1. The van der Waals surface area contributed by atoms with Gasteiger partial charge in [-0.3, -0.25) is 5.32 Å². The second kappa shape index (κ2) is 8.87. The number of amides is 2. The molecule has 2 N–H and O–H groups in total. The van der Waals surface area contributed by atoms with Gasteiger partial charge >= 0.3 is 6.03 Å². The van der Waals surface area contributed by atoms with Gasteiger partial charge in [0, 0.05) is 25.2 Å². The number of aliphatic hydroxyl groups is 1. The molecule has 2 unspecified atom stereocenters. The van der Waals surface area contributed by atoms with Gasteiger partial charge in [-0.1, -0.05) is 0 Å². The summed E-state index contributed by atoms with van der Waals surface area (Å²) in [6.07, 6.45) is 3.07. The number of rotatable bonds is 3. The maximum atomic E-state index is 14.4. The van der Waals surface area contributed by atoms with Crippen LogP contribution in [0.4, 0.5) is 25.2 Å². The van der Waals surface area contributed by atoms with E-state index in [-0.39, 0.29) is 31.0 Å². The maximum Gasteiger partial charge on any atom is 0.323 e. The first-order valence-corrected chi connectivity index (χ1v) is 10.3. The van der Waals surface area contributed by atoms with E-state index in [2.05, 4.69) is 15.4 Å². The van der Waals surface area contributed by atoms with Gasteiger partial charge in [0.05, 0.1) is 18.3 Å². The Bertz CT molecular complexity index is 1140. The highest BCUT2D eigenvalue weighted by atomic mass is 35.5. The van der Waals surface area contributed by atoms with Crippen LogP contribution in [0.5, 0.6) is 0 Å². The van der Waals surface area contributed by atoms with Gasteiger partial charge in [-0.05, 0) is 49.6 Å². The zero-order valence-electron chi connectivity index (χ0n) is 17.1. The van der Waals surface area contributed by atoms with Crippen molar-refractivity contribution >= 4 is 35.7 Å². The highest BCUT2D eigenvalue weighted by Gasteiger charge is 2.30. The fourth-order valence-corrected chi connectivity index (χ4v) is 4.35. The van der Waals surface area contributed by atoms with E-state index >= 15 is 0 Å². The number of anilines is 2. The first-order valence-electron chi connectivity index (χ1n) is 10.3. The number of hydrogen-bond acceptors (Lipinski definition) is 5. The number of hydrogen-bond donors (Lipinski definition) is 2. The van der Waals surface area contributed by atoms with Crippen molar-refractivity contribution in [2.45, 2.75) is 31.4 Å². The zero-order valence-corrected chi connectivity index (χ0v) is 17.9. The predicted octanol–water partition coefficient (Wildman–Crippen LogP) is 3.37. The molecular formula is C21H23ClF2N6O2. The van der Waals surface area contributed by atoms with Crippen molar-refractivity contribution in [1.82, 2.24) is 19.5 Å². The lowest BCUT2D eigenvalue weighted by Crippen LogP contribution is -2.34. The summed E-state index contributed by atoms with van der Waals surface area (Å²) < 4.78 is 29.7. The van der Waals surface area contributed by atoms with Crippen LogP contribution in [0.3, 0.4) is 0 Å². The molecule has 170 valence electrons. The highest BCUT2D eigenvalue weighted by molar-refractivity contribution is 5.89. The van der Waals surface area contributed by atoms with Gasteiger partial charge in [-0.15, -0.1) is 17.5 Å². The normalized spacial score (nSPS) is 20.6. The van der Waals surface area contributed by atoms with Gasteiger partial charge < -0.3 is 14.9 Å². The molecule has 0 aliphatic carbocycles. The molecule has 2 saturated heterocycles. The second-order valence-corrected chi connectivity index (χ2v) is 7.94. The van der Waals surface area contributed by atoms with Crippen LogP contribution in [0, 0.1) is 11.6 Å². The minimum absolute atomic E-state index is 0. The summed E-state index contributed by atoms with van der Waals surface area (Å²) in [4.78, 5) is 20.3. The molecule has 2 atom stereocenters. The van der Waals surface area contributed by atoms with E-state index in [1.54, 1.807) is 12.1 Å². The lowest BCUT2D eigenvalue weighted by Gasteiger charge is -2.26. The number of halogens is 3. The van der Waals surface area contributed by atoms with Crippen molar-refractivity contribution in [2.75, 3.05) is 29.9 Å². The lowest BCUT2D eigenvalue weighted by molar-refractivity contribution is 0.176. The predicted molar refractivity (Wildman–Crippen MR) is 117 cm³/mol. The number of benzene rings is 1. The Hall–Kier alpha value is -2.98. The van der Waals surface area contributed by atoms with Crippen LogP contribution in [-0.4, -0.2) is 56.4 Å². The number of carbonyl (C=O) groups excluding carboxylic acids is 1. The van der Waals surface area contributed by atoms with Gasteiger partial charge in [0.15, 0.2) is 11.5 Å². The van der Waals surface area contributed by atoms with Crippen molar-refractivity contribution in [2.24, 2.45) is 0 Å². The number of β-amino-alcohol motifs (C(OH)–C–C–N with tert-alkyl or cyclic N) is 1. The standard InChI is InChI=1S/C21H22F2N6O2.ClH/c22-13-3-4-16(23)15(10-13)17-2-1-8-28(17)19-6-5-18-24-11-20(29(18)26-19)25-21(31)27-9-7-14(30)12-27;/h3-6,10-11,14,17,30H,1-2,7-9,12H2,(H,25,31);1H. The number of likely N-dealkylation sites (tertiary alicyclic amines) is 1. The Labute approximate surface area is 189 Å². The summed E-state index contributed by atoms with van der Waals surface area (Å²) in [6.45, 7) is 1.42. The molecule has 8 nitrogen and oxygen atoms in total. The first-order chi connectivity index (χ1) is 15.0. The van der Waals surface area contributed by atoms with Crippen molar-refractivity contribution < 1.29 is 18.7 Å². The number of fused-ring (bicyclic) bond motifs is 1. The van der Waals surface area contributed by atoms with E-state index in [4.69, 9.17) is 0 Å². The van der Waals surface area contributed by atoms with Gasteiger partial charge in [0.25, 0.3) is 0 Å². The third-order valence-electron chi connectivity index (χ3n) is 5.90. The topological polar surface area (TPSA) is 86.0 Å². The number of carbonyl (C=O) groups is 1. The average Bonchev–Trinajstić information content (AvgIpc) is 3.49. The Morgan fingerprint density at radius 1 is 1.16 bits per heavy atom. The molecule has 2 aliphatic rings. The maximum absolute atomic E-state index is 14.4. The van der Waals surface area contributed by atoms with Crippen LogP contribution in [0.1, 0.15) is 30.9 Å². The summed E-state index contributed by atoms with van der Waals surface area (Å²) in [5, 5.41) is 17.1. The average molecular weight is 465 g/mol. The summed E-state index contributed by atoms with van der Waals surface area (Å²) in [7, 11) is 0. The van der Waals surface area contributed by atoms with Gasteiger partial charge in [-0.2, -0.15) is 4.52 Å². The quantitative estimate of drug-likeness (QED) is 0.620. The van der Waals surface area contributed by atoms with Crippen LogP contribution < -0.4 is 10.2 Å². The van der Waals surface area contributed by atoms with Gasteiger partial charge in [0.2, 0.25) is 0 Å². The number of nitrogens with zero attached hydrogens (tertiary/aromatic N) is 5. The Morgan fingerprint density at radius 2 is 2.00 bits per heavy atom. The van der Waals surface area contributed by atoms with Crippen molar-refractivity contribution in [3.63, 3.8) is 0 Å². The Kier molecular flexibility index (Phi) is 6.16. The highest BCUT2D eigenvalue weighted by Crippen LogP contribution is 2.36. The molecule has 0 spiro atoms. The lowest BCUT2D eigenvalue weighted by atomic mass is 10.0. The summed E-state index contributed by atoms with van der Waals surface area (Å²) in [5.41, 5.74) is 0.860. The molecule has 4 heterocycles. The van der Waals surface area contributed by atoms with E-state index in [9.17, 15) is 18.7 Å². The molecule has 0 saturated carbocycles. The Balaban J connectivity index is 0.00000245. The van der Waals surface area contributed by atoms with Crippen molar-refractivity contribution in [3.05, 3.63) is 53.7 Å². The summed E-state index contributed by atoms with van der Waals surface area (Å²) in [6, 6.07) is 6.41. The smallest absolute Gasteiger partial charge is 0.323 e. The molecule has 0 bridgehead atoms. The van der Waals surface area contributed by atoms with E-state index in [1.165, 1.54) is 21.7 Å². The number of urea groups is 1. The van der Waals surface area contributed by atoms with Crippen molar-refractivity contribution in [3.8, 4) is 0 Å². The van der Waals surface area contributed by atoms with E-state index in [1.807, 2.05) is 4.90 Å². The molecule has 32 heavy (non-hydrogen) atoms. The molecule has 1 aromatic carbocycles. The largest absolute Gasteiger partial charge is 0.391 e. The fraction of sp³-hybridized carbons (Fsp3) is 0.381. The second-order valence-electron chi connectivity index (χ2n) is 7.94. The minimum atomic E-state index is -0.506. The minimum Gasteiger partial charge on any atom is -0.391 e. The van der Waals surface area contributed by atoms with E-state index < -0.39 is 17.7 Å². The molecule has 3 aromatic rings. The third kappa shape index (κ3) is 4.07. The Morgan fingerprint density at radius 3 is 2.78 bits per heavy atom. The van der Waals surface area contributed by atoms with Crippen LogP contribution in [0.2, 0.25) is 0 Å². The molecule has 0 radical (unpaired) electrons. The third-order valence-corrected chi connectivity index (χ3v) is 5.90. The molecule has 5 rings (SSSR count). The molecule has 2 amide bonds. The molecule has 2 aliphatic heterocycles. The van der Waals surface area contributed by atoms with Crippen LogP contribution in [0.15, 0.2) is 36.5 Å². The molecule has 2 aromatic heterocycles. The van der Waals surface area contributed by atoms with Gasteiger partial charge in [-0.25, -0.2) is 18.6 Å². The molecular weight excluding hydrogens is 442 g/mol. The van der Waals surface area contributed by atoms with Crippen LogP contribution in [-0.2, 0) is 0 Å². The SMILES string of the molecule is Cl.O=C(Nc1cnc2ccc(N3CCCC3c3cc(F)ccc3F)nn12)N1CCC(O)C1. The zero-order chi connectivity index (χ0) is 21.5. The first kappa shape index (κ1) is 22.2. The van der Waals surface area contributed by atoms with E-state index in [0.717, 1.165) is 18.6 Å². The van der Waals surface area contributed by atoms with Crippen LogP contribution in [0.25, 0.3) is 5.65 Å². The summed E-state index contributed by atoms with van der Waals surface area (Å²) in [5.74, 6) is 0.0701. The van der Waals surface area contributed by atoms with Gasteiger partial charge in [0.1, 0.15) is 17.5 Å². The fourth-order valence-electron chi connectivity index (χ4n) is 4.35.